The van der Waals surface area contributed by atoms with Gasteiger partial charge in [0, 0.05) is 30.6 Å². The quantitative estimate of drug-likeness (QED) is 0.608. The number of fused-ring (bicyclic) bond motifs is 1. The standard InChI is InChI=1S/C10H20N2O/c1-10(2,3)12-5-4-9-8(6-12)7-13-11-9/h8-9,11H,4-7H2,1-3H3. The highest BCUT2D eigenvalue weighted by atomic mass is 16.7. The number of hydroxylamine groups is 1. The van der Waals surface area contributed by atoms with Gasteiger partial charge < -0.3 is 4.84 Å². The molecule has 0 aliphatic carbocycles. The Morgan fingerprint density at radius 3 is 2.85 bits per heavy atom. The van der Waals surface area contributed by atoms with Crippen molar-refractivity contribution in [3.05, 3.63) is 0 Å². The molecule has 0 spiro atoms. The summed E-state index contributed by atoms with van der Waals surface area (Å²) in [5.41, 5.74) is 3.42. The van der Waals surface area contributed by atoms with Gasteiger partial charge in [-0.2, -0.15) is 5.48 Å². The van der Waals surface area contributed by atoms with Crippen molar-refractivity contribution in [2.45, 2.75) is 38.8 Å². The lowest BCUT2D eigenvalue weighted by atomic mass is 9.91. The van der Waals surface area contributed by atoms with Crippen molar-refractivity contribution >= 4 is 0 Å². The highest BCUT2D eigenvalue weighted by Crippen LogP contribution is 2.26. The van der Waals surface area contributed by atoms with Crippen molar-refractivity contribution in [3.8, 4) is 0 Å². The Bertz CT molecular complexity index is 188. The topological polar surface area (TPSA) is 24.5 Å². The van der Waals surface area contributed by atoms with Crippen molar-refractivity contribution in [3.63, 3.8) is 0 Å². The summed E-state index contributed by atoms with van der Waals surface area (Å²) in [6.45, 7) is 10.1. The molecule has 1 N–H and O–H groups in total. The number of nitrogens with one attached hydrogen (secondary N) is 1. The summed E-state index contributed by atoms with van der Waals surface area (Å²) in [6, 6.07) is 0.610. The first kappa shape index (κ1) is 9.44. The van der Waals surface area contributed by atoms with E-state index in [0.717, 1.165) is 6.61 Å². The fourth-order valence-electron chi connectivity index (χ4n) is 2.23. The Labute approximate surface area is 80.4 Å². The third-order valence-electron chi connectivity index (χ3n) is 3.21. The lowest BCUT2D eigenvalue weighted by molar-refractivity contribution is 0.0750. The molecule has 0 saturated carbocycles. The van der Waals surface area contributed by atoms with E-state index in [4.69, 9.17) is 4.84 Å². The van der Waals surface area contributed by atoms with Crippen molar-refractivity contribution in [1.29, 1.82) is 0 Å². The Balaban J connectivity index is 1.97. The molecule has 2 heterocycles. The first-order valence-electron chi connectivity index (χ1n) is 5.20. The number of hydrogen-bond donors (Lipinski definition) is 1. The van der Waals surface area contributed by atoms with E-state index in [2.05, 4.69) is 31.2 Å². The third-order valence-corrected chi connectivity index (χ3v) is 3.21. The minimum Gasteiger partial charge on any atom is -0.301 e. The van der Waals surface area contributed by atoms with E-state index in [1.807, 2.05) is 0 Å². The van der Waals surface area contributed by atoms with Gasteiger partial charge in [0.15, 0.2) is 0 Å². The van der Waals surface area contributed by atoms with Gasteiger partial charge in [0.25, 0.3) is 0 Å². The molecule has 2 aliphatic rings. The summed E-state index contributed by atoms with van der Waals surface area (Å²) in [4.78, 5) is 7.84. The van der Waals surface area contributed by atoms with Crippen LogP contribution in [-0.2, 0) is 4.84 Å². The zero-order chi connectivity index (χ0) is 9.47. The van der Waals surface area contributed by atoms with Crippen molar-refractivity contribution < 1.29 is 4.84 Å². The van der Waals surface area contributed by atoms with Gasteiger partial charge in [-0.05, 0) is 27.2 Å². The average molecular weight is 184 g/mol. The van der Waals surface area contributed by atoms with E-state index >= 15 is 0 Å². The summed E-state index contributed by atoms with van der Waals surface area (Å²) >= 11 is 0. The van der Waals surface area contributed by atoms with Crippen molar-refractivity contribution in [1.82, 2.24) is 10.4 Å². The van der Waals surface area contributed by atoms with Gasteiger partial charge in [-0.1, -0.05) is 0 Å². The minimum absolute atomic E-state index is 0.313. The van der Waals surface area contributed by atoms with Crippen LogP contribution in [0.25, 0.3) is 0 Å². The van der Waals surface area contributed by atoms with Gasteiger partial charge >= 0.3 is 0 Å². The summed E-state index contributed by atoms with van der Waals surface area (Å²) in [5.74, 6) is 0.702. The normalized spacial score (nSPS) is 36.2. The summed E-state index contributed by atoms with van der Waals surface area (Å²) in [7, 11) is 0. The Hall–Kier alpha value is -0.120. The predicted octanol–water partition coefficient (Wildman–Crippen LogP) is 1.01. The van der Waals surface area contributed by atoms with E-state index in [0.29, 0.717) is 17.5 Å². The van der Waals surface area contributed by atoms with Gasteiger partial charge in [0.05, 0.1) is 6.61 Å². The van der Waals surface area contributed by atoms with Gasteiger partial charge in [0.2, 0.25) is 0 Å². The smallest absolute Gasteiger partial charge is 0.0738 e. The Morgan fingerprint density at radius 2 is 2.15 bits per heavy atom. The Kier molecular flexibility index (Phi) is 2.34. The zero-order valence-electron chi connectivity index (χ0n) is 8.84. The van der Waals surface area contributed by atoms with E-state index in [1.165, 1.54) is 19.5 Å². The van der Waals surface area contributed by atoms with Gasteiger partial charge in [0.1, 0.15) is 0 Å². The predicted molar refractivity (Wildman–Crippen MR) is 52.3 cm³/mol. The molecule has 2 saturated heterocycles. The maximum Gasteiger partial charge on any atom is 0.0738 e. The van der Waals surface area contributed by atoms with Crippen LogP contribution in [0.15, 0.2) is 0 Å². The van der Waals surface area contributed by atoms with Crippen molar-refractivity contribution in [2.24, 2.45) is 5.92 Å². The van der Waals surface area contributed by atoms with Crippen LogP contribution in [0.4, 0.5) is 0 Å². The molecule has 0 bridgehead atoms. The van der Waals surface area contributed by atoms with E-state index in [9.17, 15) is 0 Å². The van der Waals surface area contributed by atoms with Crippen molar-refractivity contribution in [2.75, 3.05) is 19.7 Å². The number of rotatable bonds is 0. The molecule has 2 unspecified atom stereocenters. The largest absolute Gasteiger partial charge is 0.301 e. The molecule has 0 amide bonds. The summed E-state index contributed by atoms with van der Waals surface area (Å²) < 4.78 is 0. The van der Waals surface area contributed by atoms with Gasteiger partial charge in [-0.25, -0.2) is 0 Å². The average Bonchev–Trinajstić information content (AvgIpc) is 2.47. The first-order chi connectivity index (χ1) is 6.07. The zero-order valence-corrected chi connectivity index (χ0v) is 8.84. The second kappa shape index (κ2) is 3.23. The lowest BCUT2D eigenvalue weighted by Gasteiger charge is -2.42. The highest BCUT2D eigenvalue weighted by molar-refractivity contribution is 4.90. The summed E-state index contributed by atoms with van der Waals surface area (Å²) in [6.07, 6.45) is 1.22. The van der Waals surface area contributed by atoms with E-state index < -0.39 is 0 Å². The molecule has 0 radical (unpaired) electrons. The van der Waals surface area contributed by atoms with Crippen LogP contribution in [0.5, 0.6) is 0 Å². The molecule has 13 heavy (non-hydrogen) atoms. The van der Waals surface area contributed by atoms with Gasteiger partial charge in [-0.3, -0.25) is 4.90 Å². The number of piperidine rings is 1. The van der Waals surface area contributed by atoms with Crippen LogP contribution in [0.3, 0.4) is 0 Å². The third kappa shape index (κ3) is 1.87. The number of nitrogens with zero attached hydrogens (tertiary/aromatic N) is 1. The minimum atomic E-state index is 0.313. The molecule has 0 aromatic heterocycles. The lowest BCUT2D eigenvalue weighted by Crippen LogP contribution is -2.52. The van der Waals surface area contributed by atoms with Crippen LogP contribution in [-0.4, -0.2) is 36.2 Å². The maximum atomic E-state index is 5.28. The SMILES string of the molecule is CC(C)(C)N1CCC2NOCC2C1. The fraction of sp³-hybridized carbons (Fsp3) is 1.00. The molecule has 0 aromatic rings. The number of hydrogen-bond acceptors (Lipinski definition) is 3. The van der Waals surface area contributed by atoms with Gasteiger partial charge in [-0.15, -0.1) is 0 Å². The molecule has 76 valence electrons. The Morgan fingerprint density at radius 1 is 1.38 bits per heavy atom. The first-order valence-corrected chi connectivity index (χ1v) is 5.20. The molecule has 2 aliphatic heterocycles. The molecule has 3 heteroatoms. The van der Waals surface area contributed by atoms with E-state index in [1.54, 1.807) is 0 Å². The fourth-order valence-corrected chi connectivity index (χ4v) is 2.23. The maximum absolute atomic E-state index is 5.28. The molecular weight excluding hydrogens is 164 g/mol. The molecular formula is C10H20N2O. The monoisotopic (exact) mass is 184 g/mol. The van der Waals surface area contributed by atoms with E-state index in [-0.39, 0.29) is 0 Å². The van der Waals surface area contributed by atoms with Crippen LogP contribution in [0.2, 0.25) is 0 Å². The van der Waals surface area contributed by atoms with Crippen LogP contribution in [0.1, 0.15) is 27.2 Å². The molecule has 2 fully saturated rings. The van der Waals surface area contributed by atoms with Crippen LogP contribution < -0.4 is 5.48 Å². The second-order valence-corrected chi connectivity index (χ2v) is 5.20. The highest BCUT2D eigenvalue weighted by Gasteiger charge is 2.37. The van der Waals surface area contributed by atoms with Crippen LogP contribution >= 0.6 is 0 Å². The number of likely N-dealkylation sites (tertiary alicyclic amines) is 1. The van der Waals surface area contributed by atoms with Crippen LogP contribution in [0, 0.1) is 5.92 Å². The second-order valence-electron chi connectivity index (χ2n) is 5.20. The molecule has 0 aromatic carbocycles. The molecule has 3 nitrogen and oxygen atoms in total. The molecule has 2 atom stereocenters. The summed E-state index contributed by atoms with van der Waals surface area (Å²) in [5, 5.41) is 0. The molecule has 2 rings (SSSR count).